The molecular formula is C20H29FO5. The molecule has 1 aliphatic heterocycles. The van der Waals surface area contributed by atoms with Crippen LogP contribution in [0.3, 0.4) is 0 Å². The first-order valence-corrected chi connectivity index (χ1v) is 9.75. The van der Waals surface area contributed by atoms with E-state index in [4.69, 9.17) is 9.84 Å². The number of aliphatic hydroxyl groups is 2. The van der Waals surface area contributed by atoms with Gasteiger partial charge in [0.25, 0.3) is 0 Å². The summed E-state index contributed by atoms with van der Waals surface area (Å²) in [7, 11) is 0. The zero-order chi connectivity index (χ0) is 18.7. The zero-order valence-corrected chi connectivity index (χ0v) is 15.0. The van der Waals surface area contributed by atoms with Gasteiger partial charge in [-0.25, -0.2) is 9.18 Å². The number of fused-ring (bicyclic) bond motifs is 1. The second kappa shape index (κ2) is 8.53. The summed E-state index contributed by atoms with van der Waals surface area (Å²) in [5.41, 5.74) is 0. The van der Waals surface area contributed by atoms with E-state index < -0.39 is 24.3 Å². The van der Waals surface area contributed by atoms with Gasteiger partial charge in [0.2, 0.25) is 0 Å². The highest BCUT2D eigenvalue weighted by Crippen LogP contribution is 2.43. The maximum Gasteiger partial charge on any atom is 0.332 e. The maximum atomic E-state index is 14.3. The quantitative estimate of drug-likeness (QED) is 0.574. The van der Waals surface area contributed by atoms with Gasteiger partial charge in [-0.15, -0.1) is 0 Å². The van der Waals surface area contributed by atoms with Gasteiger partial charge in [-0.2, -0.15) is 0 Å². The summed E-state index contributed by atoms with van der Waals surface area (Å²) in [4.78, 5) is 10.6. The van der Waals surface area contributed by atoms with Crippen molar-refractivity contribution in [3.63, 3.8) is 0 Å². The van der Waals surface area contributed by atoms with Gasteiger partial charge in [-0.05, 0) is 56.4 Å². The van der Waals surface area contributed by atoms with Crippen LogP contribution in [0.2, 0.25) is 0 Å². The SMILES string of the molecule is O=C(O)C(O)CC[C@H](F)C1=C[C@H]2[C@H](CC[C@@H]2C=C[C@H](O)C2CCCC2)O1. The fourth-order valence-corrected chi connectivity index (χ4v) is 4.47. The fourth-order valence-electron chi connectivity index (χ4n) is 4.47. The van der Waals surface area contributed by atoms with E-state index in [1.165, 1.54) is 12.8 Å². The molecule has 3 rings (SSSR count). The smallest absolute Gasteiger partial charge is 0.332 e. The van der Waals surface area contributed by atoms with Crippen molar-refractivity contribution < 1.29 is 29.2 Å². The normalized spacial score (nSPS) is 32.3. The highest BCUT2D eigenvalue weighted by atomic mass is 19.1. The second-order valence-corrected chi connectivity index (χ2v) is 7.86. The third kappa shape index (κ3) is 4.46. The number of hydrogen-bond donors (Lipinski definition) is 3. The van der Waals surface area contributed by atoms with E-state index in [1.54, 1.807) is 0 Å². The molecule has 3 aliphatic rings. The van der Waals surface area contributed by atoms with E-state index in [9.17, 15) is 19.4 Å². The Kier molecular flexibility index (Phi) is 6.35. The second-order valence-electron chi connectivity index (χ2n) is 7.86. The number of carbonyl (C=O) groups is 1. The van der Waals surface area contributed by atoms with Crippen LogP contribution >= 0.6 is 0 Å². The molecule has 26 heavy (non-hydrogen) atoms. The molecule has 2 fully saturated rings. The van der Waals surface area contributed by atoms with Crippen LogP contribution in [0.4, 0.5) is 4.39 Å². The number of rotatable bonds is 8. The Labute approximate surface area is 153 Å². The van der Waals surface area contributed by atoms with Crippen LogP contribution < -0.4 is 0 Å². The van der Waals surface area contributed by atoms with Gasteiger partial charge >= 0.3 is 5.97 Å². The van der Waals surface area contributed by atoms with E-state index >= 15 is 0 Å². The van der Waals surface area contributed by atoms with Crippen LogP contribution in [0.1, 0.15) is 51.4 Å². The van der Waals surface area contributed by atoms with Gasteiger partial charge in [-0.1, -0.05) is 25.0 Å². The fraction of sp³-hybridized carbons (Fsp3) is 0.750. The lowest BCUT2D eigenvalue weighted by Crippen LogP contribution is -2.21. The first-order chi connectivity index (χ1) is 12.5. The molecule has 6 heteroatoms. The van der Waals surface area contributed by atoms with Crippen molar-refractivity contribution in [1.29, 1.82) is 0 Å². The number of ether oxygens (including phenoxy) is 1. The largest absolute Gasteiger partial charge is 0.491 e. The predicted octanol–water partition coefficient (Wildman–Crippen LogP) is 2.97. The first kappa shape index (κ1) is 19.4. The van der Waals surface area contributed by atoms with E-state index in [0.29, 0.717) is 5.92 Å². The highest BCUT2D eigenvalue weighted by Gasteiger charge is 2.41. The van der Waals surface area contributed by atoms with Gasteiger partial charge in [0.05, 0.1) is 6.10 Å². The lowest BCUT2D eigenvalue weighted by molar-refractivity contribution is -0.147. The molecule has 146 valence electrons. The molecule has 2 saturated carbocycles. The molecule has 0 aromatic rings. The van der Waals surface area contributed by atoms with Crippen LogP contribution in [0, 0.1) is 17.8 Å². The molecule has 0 saturated heterocycles. The third-order valence-electron chi connectivity index (χ3n) is 6.08. The molecule has 0 bridgehead atoms. The summed E-state index contributed by atoms with van der Waals surface area (Å²) in [6.45, 7) is 0. The summed E-state index contributed by atoms with van der Waals surface area (Å²) in [6, 6.07) is 0. The lowest BCUT2D eigenvalue weighted by atomic mass is 9.92. The predicted molar refractivity (Wildman–Crippen MR) is 94.0 cm³/mol. The van der Waals surface area contributed by atoms with Gasteiger partial charge in [0.1, 0.15) is 11.9 Å². The van der Waals surface area contributed by atoms with E-state index in [2.05, 4.69) is 6.08 Å². The highest BCUT2D eigenvalue weighted by molar-refractivity contribution is 5.71. The molecule has 5 nitrogen and oxygen atoms in total. The minimum absolute atomic E-state index is 0.0362. The molecule has 0 aromatic heterocycles. The van der Waals surface area contributed by atoms with Crippen molar-refractivity contribution in [1.82, 2.24) is 0 Å². The number of aliphatic carboxylic acids is 1. The Morgan fingerprint density at radius 3 is 2.65 bits per heavy atom. The van der Waals surface area contributed by atoms with Crippen LogP contribution in [0.5, 0.6) is 0 Å². The molecule has 3 N–H and O–H groups in total. The number of halogens is 1. The van der Waals surface area contributed by atoms with Gasteiger partial charge in [-0.3, -0.25) is 0 Å². The summed E-state index contributed by atoms with van der Waals surface area (Å²) in [5, 5.41) is 28.2. The van der Waals surface area contributed by atoms with Crippen molar-refractivity contribution in [3.05, 3.63) is 24.0 Å². The number of carboxylic acids is 1. The van der Waals surface area contributed by atoms with Gasteiger partial charge in [0.15, 0.2) is 12.3 Å². The average molecular weight is 368 g/mol. The van der Waals surface area contributed by atoms with Crippen molar-refractivity contribution in [3.8, 4) is 0 Å². The Morgan fingerprint density at radius 2 is 1.96 bits per heavy atom. The van der Waals surface area contributed by atoms with Crippen LogP contribution in [-0.2, 0) is 9.53 Å². The van der Waals surface area contributed by atoms with Crippen molar-refractivity contribution in [2.75, 3.05) is 0 Å². The third-order valence-corrected chi connectivity index (χ3v) is 6.08. The monoisotopic (exact) mass is 368 g/mol. The van der Waals surface area contributed by atoms with Crippen LogP contribution in [0.15, 0.2) is 24.0 Å². The number of allylic oxidation sites excluding steroid dienone is 2. The molecule has 6 atom stereocenters. The minimum Gasteiger partial charge on any atom is -0.491 e. The lowest BCUT2D eigenvalue weighted by Gasteiger charge is -2.16. The molecule has 0 radical (unpaired) electrons. The molecular weight excluding hydrogens is 339 g/mol. The topological polar surface area (TPSA) is 87.0 Å². The first-order valence-electron chi connectivity index (χ1n) is 9.75. The average Bonchev–Trinajstić information content (AvgIpc) is 3.33. The molecule has 0 amide bonds. The van der Waals surface area contributed by atoms with Crippen LogP contribution in [0.25, 0.3) is 0 Å². The molecule has 2 aliphatic carbocycles. The minimum atomic E-state index is -1.54. The number of carboxylic acid groups (broad SMARTS) is 1. The molecule has 0 aromatic carbocycles. The number of alkyl halides is 1. The van der Waals surface area contributed by atoms with Crippen molar-refractivity contribution in [2.24, 2.45) is 17.8 Å². The van der Waals surface area contributed by atoms with Crippen molar-refractivity contribution in [2.45, 2.75) is 75.9 Å². The zero-order valence-electron chi connectivity index (χ0n) is 15.0. The van der Waals surface area contributed by atoms with Gasteiger partial charge < -0.3 is 20.1 Å². The van der Waals surface area contributed by atoms with Crippen LogP contribution in [-0.4, -0.2) is 45.8 Å². The maximum absolute atomic E-state index is 14.3. The Morgan fingerprint density at radius 1 is 1.23 bits per heavy atom. The summed E-state index contributed by atoms with van der Waals surface area (Å²) >= 11 is 0. The molecule has 1 unspecified atom stereocenters. The van der Waals surface area contributed by atoms with E-state index in [-0.39, 0.29) is 36.5 Å². The Hall–Kier alpha value is -1.40. The molecule has 1 heterocycles. The van der Waals surface area contributed by atoms with Gasteiger partial charge in [0, 0.05) is 5.92 Å². The Balaban J connectivity index is 1.53. The standard InChI is InChI=1S/C20H29FO5/c21-15(7-9-17(23)20(24)25)19-11-14-12(6-10-18(14)26-19)5-8-16(22)13-3-1-2-4-13/h5,8,11-18,22-23H,1-4,6-7,9-10H2,(H,24,25)/t12-,14+,15-,16-,17?,18-/m0/s1. The summed E-state index contributed by atoms with van der Waals surface area (Å²) in [5.74, 6) is -0.344. The van der Waals surface area contributed by atoms with E-state index in [0.717, 1.165) is 25.7 Å². The Bertz CT molecular complexity index is 554. The van der Waals surface area contributed by atoms with Crippen molar-refractivity contribution >= 4 is 5.97 Å². The number of aliphatic hydroxyl groups excluding tert-OH is 2. The van der Waals surface area contributed by atoms with E-state index in [1.807, 2.05) is 12.2 Å². The summed E-state index contributed by atoms with van der Waals surface area (Å²) < 4.78 is 20.1. The molecule has 0 spiro atoms. The number of hydrogen-bond acceptors (Lipinski definition) is 4. The summed E-state index contributed by atoms with van der Waals surface area (Å²) in [6.07, 6.45) is 8.60.